The molecule has 2 aliphatic carbocycles. The summed E-state index contributed by atoms with van der Waals surface area (Å²) in [4.78, 5) is 41.1. The fraction of sp³-hybridized carbons (Fsp3) is 0.625. The van der Waals surface area contributed by atoms with E-state index in [0.29, 0.717) is 5.56 Å². The first-order valence-electron chi connectivity index (χ1n) is 11.4. The van der Waals surface area contributed by atoms with Gasteiger partial charge in [0, 0.05) is 11.6 Å². The number of benzene rings is 1. The molecule has 0 radical (unpaired) electrons. The third-order valence-electron chi connectivity index (χ3n) is 7.29. The van der Waals surface area contributed by atoms with E-state index in [1.165, 1.54) is 13.5 Å². The molecule has 2 saturated carbocycles. The van der Waals surface area contributed by atoms with Crippen LogP contribution in [0.4, 0.5) is 0 Å². The summed E-state index contributed by atoms with van der Waals surface area (Å²) in [5.74, 6) is -1.02. The Hall–Kier alpha value is -2.37. The summed E-state index contributed by atoms with van der Waals surface area (Å²) in [7, 11) is 1.32. The van der Waals surface area contributed by atoms with Crippen LogP contribution in [0.2, 0.25) is 0 Å². The highest BCUT2D eigenvalue weighted by Gasteiger charge is 2.56. The van der Waals surface area contributed by atoms with Crippen LogP contribution in [-0.4, -0.2) is 47.9 Å². The van der Waals surface area contributed by atoms with Gasteiger partial charge in [0.2, 0.25) is 5.91 Å². The number of fused-ring (bicyclic) bond motifs is 1. The van der Waals surface area contributed by atoms with Crippen LogP contribution in [0.5, 0.6) is 0 Å². The number of nitrogens with one attached hydrogen (secondary N) is 1. The van der Waals surface area contributed by atoms with Crippen molar-refractivity contribution in [3.05, 3.63) is 35.4 Å². The maximum atomic E-state index is 13.8. The van der Waals surface area contributed by atoms with E-state index in [0.717, 1.165) is 63.4 Å². The molecule has 162 valence electrons. The second-order valence-corrected chi connectivity index (χ2v) is 8.95. The predicted octanol–water partition coefficient (Wildman–Crippen LogP) is 3.55. The van der Waals surface area contributed by atoms with Crippen molar-refractivity contribution in [3.63, 3.8) is 0 Å². The fourth-order valence-corrected chi connectivity index (χ4v) is 5.99. The molecule has 1 aromatic rings. The minimum absolute atomic E-state index is 0.0800. The number of nitrogens with zero attached hydrogens (tertiary/aromatic N) is 1. The van der Waals surface area contributed by atoms with E-state index >= 15 is 0 Å². The first kappa shape index (κ1) is 20.9. The molecule has 0 unspecified atom stereocenters. The Morgan fingerprint density at radius 3 is 2.43 bits per heavy atom. The van der Waals surface area contributed by atoms with Crippen LogP contribution in [0.1, 0.15) is 86.0 Å². The quantitative estimate of drug-likeness (QED) is 0.768. The van der Waals surface area contributed by atoms with Crippen LogP contribution in [0.3, 0.4) is 0 Å². The van der Waals surface area contributed by atoms with Gasteiger partial charge >= 0.3 is 5.97 Å². The Balaban J connectivity index is 1.79. The summed E-state index contributed by atoms with van der Waals surface area (Å²) in [5.41, 5.74) is 0.933. The second-order valence-electron chi connectivity index (χ2n) is 8.95. The van der Waals surface area contributed by atoms with Gasteiger partial charge in [0.1, 0.15) is 6.54 Å². The van der Waals surface area contributed by atoms with Crippen LogP contribution < -0.4 is 5.32 Å². The molecule has 2 fully saturated rings. The van der Waals surface area contributed by atoms with Gasteiger partial charge in [-0.2, -0.15) is 0 Å². The molecule has 30 heavy (non-hydrogen) atoms. The van der Waals surface area contributed by atoms with E-state index in [4.69, 9.17) is 4.74 Å². The van der Waals surface area contributed by atoms with Crippen molar-refractivity contribution in [1.82, 2.24) is 10.2 Å². The molecule has 0 bridgehead atoms. The molecule has 1 N–H and O–H groups in total. The highest BCUT2D eigenvalue weighted by molar-refractivity contribution is 6.02. The summed E-state index contributed by atoms with van der Waals surface area (Å²) in [5, 5.41) is 2.80. The van der Waals surface area contributed by atoms with Crippen LogP contribution in [0.25, 0.3) is 0 Å². The average Bonchev–Trinajstić information content (AvgIpc) is 2.79. The normalized spacial score (nSPS) is 23.7. The van der Waals surface area contributed by atoms with Gasteiger partial charge in [-0.3, -0.25) is 14.4 Å². The minimum Gasteiger partial charge on any atom is -0.468 e. The molecule has 3 aliphatic rings. The zero-order valence-corrected chi connectivity index (χ0v) is 17.8. The molecular formula is C24H32N2O4. The van der Waals surface area contributed by atoms with Gasteiger partial charge in [0.15, 0.2) is 0 Å². The maximum absolute atomic E-state index is 13.8. The van der Waals surface area contributed by atoms with Gasteiger partial charge in [0.05, 0.1) is 18.6 Å². The molecule has 2 amide bonds. The molecular weight excluding hydrogens is 380 g/mol. The van der Waals surface area contributed by atoms with E-state index in [-0.39, 0.29) is 24.4 Å². The molecule has 0 aromatic heterocycles. The SMILES string of the molecule is COC(=O)CNC(=O)[C@H]1c2ccccc2C(=O)N(C2CCCCC2)C12CCCCC2. The first-order chi connectivity index (χ1) is 14.6. The van der Waals surface area contributed by atoms with E-state index in [9.17, 15) is 14.4 Å². The number of carbonyl (C=O) groups excluding carboxylic acids is 3. The Labute approximate surface area is 178 Å². The lowest BCUT2D eigenvalue weighted by atomic mass is 9.64. The lowest BCUT2D eigenvalue weighted by Gasteiger charge is -2.57. The zero-order chi connectivity index (χ0) is 21.1. The summed E-state index contributed by atoms with van der Waals surface area (Å²) < 4.78 is 4.71. The van der Waals surface area contributed by atoms with Gasteiger partial charge in [-0.25, -0.2) is 0 Å². The topological polar surface area (TPSA) is 75.7 Å². The third-order valence-corrected chi connectivity index (χ3v) is 7.29. The average molecular weight is 413 g/mol. The standard InChI is InChI=1S/C24H32N2O4/c1-30-20(27)16-25-22(28)21-18-12-6-7-13-19(18)23(29)26(17-10-4-2-5-11-17)24(21)14-8-3-9-15-24/h6-7,12-13,17,21H,2-5,8-11,14-16H2,1H3,(H,25,28)/t21-/m1/s1. The van der Waals surface area contributed by atoms with Crippen LogP contribution in [-0.2, 0) is 14.3 Å². The number of hydrogen-bond acceptors (Lipinski definition) is 4. The second kappa shape index (κ2) is 8.78. The first-order valence-corrected chi connectivity index (χ1v) is 11.4. The lowest BCUT2D eigenvalue weighted by molar-refractivity contribution is -0.142. The van der Waals surface area contributed by atoms with Crippen molar-refractivity contribution in [2.75, 3.05) is 13.7 Å². The minimum atomic E-state index is -0.508. The Morgan fingerprint density at radius 1 is 1.07 bits per heavy atom. The molecule has 1 spiro atoms. The Bertz CT molecular complexity index is 809. The molecule has 1 atom stereocenters. The number of amides is 2. The number of ether oxygens (including phenoxy) is 1. The molecule has 6 nitrogen and oxygen atoms in total. The molecule has 4 rings (SSSR count). The number of esters is 1. The highest BCUT2D eigenvalue weighted by atomic mass is 16.5. The summed E-state index contributed by atoms with van der Waals surface area (Å²) in [6, 6.07) is 7.74. The van der Waals surface area contributed by atoms with Gasteiger partial charge in [-0.1, -0.05) is 56.7 Å². The van der Waals surface area contributed by atoms with Crippen molar-refractivity contribution in [2.45, 2.75) is 81.7 Å². The Morgan fingerprint density at radius 2 is 1.73 bits per heavy atom. The summed E-state index contributed by atoms with van der Waals surface area (Å²) in [6.45, 7) is -0.151. The number of hydrogen-bond donors (Lipinski definition) is 1. The van der Waals surface area contributed by atoms with E-state index in [1.807, 2.05) is 24.3 Å². The van der Waals surface area contributed by atoms with Crippen molar-refractivity contribution >= 4 is 17.8 Å². The highest BCUT2D eigenvalue weighted by Crippen LogP contribution is 2.51. The number of methoxy groups -OCH3 is 1. The van der Waals surface area contributed by atoms with Crippen LogP contribution in [0, 0.1) is 0 Å². The largest absolute Gasteiger partial charge is 0.468 e. The van der Waals surface area contributed by atoms with Crippen molar-refractivity contribution in [2.24, 2.45) is 0 Å². The van der Waals surface area contributed by atoms with Crippen molar-refractivity contribution in [3.8, 4) is 0 Å². The molecule has 1 aliphatic heterocycles. The molecule has 1 aromatic carbocycles. The van der Waals surface area contributed by atoms with E-state index in [1.54, 1.807) is 0 Å². The maximum Gasteiger partial charge on any atom is 0.325 e. The summed E-state index contributed by atoms with van der Waals surface area (Å²) >= 11 is 0. The van der Waals surface area contributed by atoms with E-state index < -0.39 is 17.4 Å². The lowest BCUT2D eigenvalue weighted by Crippen LogP contribution is -2.65. The van der Waals surface area contributed by atoms with Crippen molar-refractivity contribution in [1.29, 1.82) is 0 Å². The van der Waals surface area contributed by atoms with Crippen molar-refractivity contribution < 1.29 is 19.1 Å². The molecule has 0 saturated heterocycles. The smallest absolute Gasteiger partial charge is 0.325 e. The third kappa shape index (κ3) is 3.61. The van der Waals surface area contributed by atoms with Gasteiger partial charge in [-0.15, -0.1) is 0 Å². The van der Waals surface area contributed by atoms with E-state index in [2.05, 4.69) is 10.2 Å². The van der Waals surface area contributed by atoms with Gasteiger partial charge < -0.3 is 15.0 Å². The Kier molecular flexibility index (Phi) is 6.11. The van der Waals surface area contributed by atoms with Crippen LogP contribution >= 0.6 is 0 Å². The number of carbonyl (C=O) groups is 3. The monoisotopic (exact) mass is 412 g/mol. The molecule has 6 heteroatoms. The number of rotatable bonds is 4. The fourth-order valence-electron chi connectivity index (χ4n) is 5.99. The van der Waals surface area contributed by atoms with Crippen LogP contribution in [0.15, 0.2) is 24.3 Å². The molecule has 1 heterocycles. The predicted molar refractivity (Wildman–Crippen MR) is 113 cm³/mol. The zero-order valence-electron chi connectivity index (χ0n) is 17.8. The van der Waals surface area contributed by atoms with Gasteiger partial charge in [0.25, 0.3) is 5.91 Å². The van der Waals surface area contributed by atoms with Gasteiger partial charge in [-0.05, 0) is 37.3 Å². The summed E-state index contributed by atoms with van der Waals surface area (Å²) in [6.07, 6.45) is 10.3.